The van der Waals surface area contributed by atoms with Crippen LogP contribution in [-0.4, -0.2) is 0 Å². The third-order valence-corrected chi connectivity index (χ3v) is 1.27. The van der Waals surface area contributed by atoms with Crippen LogP contribution in [0.5, 0.6) is 0 Å². The summed E-state index contributed by atoms with van der Waals surface area (Å²) < 4.78 is 72.4. The lowest BCUT2D eigenvalue weighted by Gasteiger charge is -2.05. The van der Waals surface area contributed by atoms with E-state index >= 15 is 0 Å². The third kappa shape index (κ3) is 1.53. The van der Waals surface area contributed by atoms with Gasteiger partial charge < -0.3 is 0 Å². The Morgan fingerprint density at radius 2 is 1.38 bits per heavy atom. The Bertz CT molecular complexity index is 336. The zero-order valence-corrected chi connectivity index (χ0v) is 5.79. The van der Waals surface area contributed by atoms with E-state index in [-0.39, 0.29) is 6.07 Å². The van der Waals surface area contributed by atoms with Crippen molar-refractivity contribution < 1.29 is 26.5 Å². The van der Waals surface area contributed by atoms with Gasteiger partial charge in [-0.15, -0.1) is 0 Å². The summed E-state index contributed by atoms with van der Waals surface area (Å²) in [7, 11) is 0. The molecule has 0 aliphatic carbocycles. The Hall–Kier alpha value is -1.40. The standard InChI is InChI=1S/C6HF6N/c7-2-1-3(13(11)12)5(9)6(10)4(2)8/h1H. The van der Waals surface area contributed by atoms with Crippen molar-refractivity contribution in [2.75, 3.05) is 5.34 Å². The van der Waals surface area contributed by atoms with Crippen LogP contribution in [0, 0.1) is 23.3 Å². The fourth-order valence-electron chi connectivity index (χ4n) is 0.683. The Kier molecular flexibility index (Phi) is 2.35. The van der Waals surface area contributed by atoms with E-state index in [1.54, 1.807) is 0 Å². The molecule has 1 aromatic carbocycles. The van der Waals surface area contributed by atoms with Gasteiger partial charge in [-0.1, -0.05) is 8.96 Å². The lowest BCUT2D eigenvalue weighted by Crippen LogP contribution is -2.05. The van der Waals surface area contributed by atoms with Gasteiger partial charge in [0.05, 0.1) is 0 Å². The van der Waals surface area contributed by atoms with E-state index in [1.807, 2.05) is 0 Å². The van der Waals surface area contributed by atoms with Gasteiger partial charge in [-0.2, -0.15) is 0 Å². The fourth-order valence-corrected chi connectivity index (χ4v) is 0.683. The molecule has 0 amide bonds. The van der Waals surface area contributed by atoms with Gasteiger partial charge in [0.15, 0.2) is 23.3 Å². The maximum absolute atomic E-state index is 12.4. The van der Waals surface area contributed by atoms with Crippen LogP contribution in [-0.2, 0) is 0 Å². The van der Waals surface area contributed by atoms with Crippen LogP contribution in [0.4, 0.5) is 32.2 Å². The van der Waals surface area contributed by atoms with Crippen molar-refractivity contribution in [3.8, 4) is 0 Å². The van der Waals surface area contributed by atoms with Gasteiger partial charge in [-0.05, 0) is 5.34 Å². The van der Waals surface area contributed by atoms with Crippen LogP contribution in [0.3, 0.4) is 0 Å². The smallest absolute Gasteiger partial charge is 0.199 e. The Morgan fingerprint density at radius 1 is 0.846 bits per heavy atom. The summed E-state index contributed by atoms with van der Waals surface area (Å²) in [5.74, 6) is -8.41. The normalized spacial score (nSPS) is 10.3. The second-order valence-corrected chi connectivity index (χ2v) is 2.05. The van der Waals surface area contributed by atoms with Crippen molar-refractivity contribution in [2.45, 2.75) is 0 Å². The summed E-state index contributed by atoms with van der Waals surface area (Å²) in [4.78, 5) is 0. The first kappa shape index (κ1) is 9.69. The molecule has 0 aliphatic rings. The molecule has 72 valence electrons. The molecule has 0 atom stereocenters. The van der Waals surface area contributed by atoms with E-state index in [0.29, 0.717) is 0 Å². The average molecular weight is 201 g/mol. The average Bonchev–Trinajstić information content (AvgIpc) is 2.07. The van der Waals surface area contributed by atoms with Gasteiger partial charge in [0, 0.05) is 6.07 Å². The van der Waals surface area contributed by atoms with Gasteiger partial charge in [-0.25, -0.2) is 17.6 Å². The second-order valence-electron chi connectivity index (χ2n) is 2.05. The van der Waals surface area contributed by atoms with E-state index in [4.69, 9.17) is 0 Å². The molecule has 0 saturated heterocycles. The van der Waals surface area contributed by atoms with Crippen LogP contribution in [0.15, 0.2) is 6.07 Å². The van der Waals surface area contributed by atoms with E-state index < -0.39 is 34.3 Å². The first-order valence-corrected chi connectivity index (χ1v) is 2.89. The first-order chi connectivity index (χ1) is 5.95. The minimum Gasteiger partial charge on any atom is -0.204 e. The van der Waals surface area contributed by atoms with Crippen molar-refractivity contribution in [1.82, 2.24) is 0 Å². The number of halogens is 6. The van der Waals surface area contributed by atoms with Crippen molar-refractivity contribution in [2.24, 2.45) is 0 Å². The van der Waals surface area contributed by atoms with Gasteiger partial charge >= 0.3 is 0 Å². The first-order valence-electron chi connectivity index (χ1n) is 2.89. The summed E-state index contributed by atoms with van der Waals surface area (Å²) in [5, 5.41) is -1.85. The lowest BCUT2D eigenvalue weighted by molar-refractivity contribution is 0.228. The highest BCUT2D eigenvalue weighted by atomic mass is 19.4. The Morgan fingerprint density at radius 3 is 1.85 bits per heavy atom. The molecular formula is C6HF6N. The highest BCUT2D eigenvalue weighted by Crippen LogP contribution is 2.26. The van der Waals surface area contributed by atoms with E-state index in [1.165, 1.54) is 0 Å². The van der Waals surface area contributed by atoms with E-state index in [0.717, 1.165) is 0 Å². The molecule has 0 spiro atoms. The molecule has 1 nitrogen and oxygen atoms in total. The summed E-state index contributed by atoms with van der Waals surface area (Å²) >= 11 is 0. The summed E-state index contributed by atoms with van der Waals surface area (Å²) in [6.45, 7) is 0. The fraction of sp³-hybridized carbons (Fsp3) is 0. The quantitative estimate of drug-likeness (QED) is 0.292. The molecule has 1 aromatic rings. The van der Waals surface area contributed by atoms with Gasteiger partial charge in [0.2, 0.25) is 0 Å². The largest absolute Gasteiger partial charge is 0.204 e. The zero-order chi connectivity index (χ0) is 10.2. The predicted octanol–water partition coefficient (Wildman–Crippen LogP) is 2.82. The molecule has 0 aliphatic heterocycles. The molecular weight excluding hydrogens is 200 g/mol. The maximum atomic E-state index is 12.4. The minimum absolute atomic E-state index is 0.145. The molecule has 0 radical (unpaired) electrons. The third-order valence-electron chi connectivity index (χ3n) is 1.27. The minimum atomic E-state index is -2.27. The van der Waals surface area contributed by atoms with Crippen LogP contribution in [0.2, 0.25) is 0 Å². The molecule has 0 aromatic heterocycles. The van der Waals surface area contributed by atoms with Crippen molar-refractivity contribution in [3.05, 3.63) is 29.3 Å². The molecule has 0 fully saturated rings. The molecule has 0 saturated carbocycles. The SMILES string of the molecule is Fc1cc(N(F)F)c(F)c(F)c1F. The predicted molar refractivity (Wildman–Crippen MR) is 31.0 cm³/mol. The highest BCUT2D eigenvalue weighted by molar-refractivity contribution is 5.44. The monoisotopic (exact) mass is 201 g/mol. The number of anilines is 1. The zero-order valence-electron chi connectivity index (χ0n) is 5.79. The van der Waals surface area contributed by atoms with Crippen LogP contribution < -0.4 is 5.34 Å². The van der Waals surface area contributed by atoms with E-state index in [2.05, 4.69) is 0 Å². The molecule has 7 heteroatoms. The lowest BCUT2D eigenvalue weighted by atomic mass is 10.3. The summed E-state index contributed by atoms with van der Waals surface area (Å²) in [6.07, 6.45) is 0. The molecule has 13 heavy (non-hydrogen) atoms. The maximum Gasteiger partial charge on any atom is 0.199 e. The Labute approximate surface area is 68.1 Å². The van der Waals surface area contributed by atoms with Gasteiger partial charge in [0.1, 0.15) is 5.69 Å². The summed E-state index contributed by atoms with van der Waals surface area (Å²) in [5.41, 5.74) is -1.66. The van der Waals surface area contributed by atoms with Crippen LogP contribution >= 0.6 is 0 Å². The second kappa shape index (κ2) is 3.15. The van der Waals surface area contributed by atoms with Crippen molar-refractivity contribution in [3.63, 3.8) is 0 Å². The highest BCUT2D eigenvalue weighted by Gasteiger charge is 2.22. The van der Waals surface area contributed by atoms with Gasteiger partial charge in [-0.3, -0.25) is 0 Å². The molecule has 0 N–H and O–H groups in total. The van der Waals surface area contributed by atoms with Crippen molar-refractivity contribution in [1.29, 1.82) is 0 Å². The number of benzene rings is 1. The molecule has 0 bridgehead atoms. The van der Waals surface area contributed by atoms with E-state index in [9.17, 15) is 26.5 Å². The van der Waals surface area contributed by atoms with Gasteiger partial charge in [0.25, 0.3) is 0 Å². The Balaban J connectivity index is 3.41. The number of hydrogen-bond donors (Lipinski definition) is 0. The summed E-state index contributed by atoms with van der Waals surface area (Å²) in [6, 6.07) is -0.145. The molecule has 1 rings (SSSR count). The molecule has 0 heterocycles. The van der Waals surface area contributed by atoms with Crippen LogP contribution in [0.1, 0.15) is 0 Å². The van der Waals surface area contributed by atoms with Crippen molar-refractivity contribution >= 4 is 5.69 Å². The number of rotatable bonds is 1. The number of nitrogens with zero attached hydrogens (tertiary/aromatic N) is 1. The van der Waals surface area contributed by atoms with Crippen LogP contribution in [0.25, 0.3) is 0 Å². The number of hydrogen-bond acceptors (Lipinski definition) is 1. The topological polar surface area (TPSA) is 3.24 Å². The molecule has 0 unspecified atom stereocenters.